The Balaban J connectivity index is 2.67. The van der Waals surface area contributed by atoms with E-state index in [4.69, 9.17) is 11.6 Å². The summed E-state index contributed by atoms with van der Waals surface area (Å²) in [6.07, 6.45) is 2.52. The van der Waals surface area contributed by atoms with Crippen LogP contribution in [-0.4, -0.2) is 19.9 Å². The molecule has 14 heavy (non-hydrogen) atoms. The molecule has 70 valence electrons. The molecule has 2 rings (SSSR count). The van der Waals surface area contributed by atoms with Gasteiger partial charge in [-0.3, -0.25) is 10.1 Å². The molecule has 0 amide bonds. The van der Waals surface area contributed by atoms with Crippen molar-refractivity contribution in [3.8, 4) is 0 Å². The Hall–Kier alpha value is -1.82. The Morgan fingerprint density at radius 2 is 2.14 bits per heavy atom. The summed E-state index contributed by atoms with van der Waals surface area (Å²) in [6, 6.07) is 1.35. The Bertz CT molecular complexity index is 516. The molecule has 0 spiro atoms. The number of hydrogen-bond acceptors (Lipinski definition) is 5. The van der Waals surface area contributed by atoms with Crippen molar-refractivity contribution in [3.63, 3.8) is 0 Å². The molecule has 0 saturated carbocycles. The van der Waals surface area contributed by atoms with Crippen molar-refractivity contribution in [2.45, 2.75) is 0 Å². The topological polar surface area (TPSA) is 81.8 Å². The zero-order chi connectivity index (χ0) is 10.1. The summed E-state index contributed by atoms with van der Waals surface area (Å²) in [6.45, 7) is 0. The standard InChI is InChI=1S/C7H3ClN4O2/c8-7-10-2-4-1-5(12(13)14)3-9-6(4)11-7/h1-3H. The van der Waals surface area contributed by atoms with Gasteiger partial charge < -0.3 is 0 Å². The Morgan fingerprint density at radius 1 is 1.36 bits per heavy atom. The van der Waals surface area contributed by atoms with Crippen LogP contribution in [0.3, 0.4) is 0 Å². The van der Waals surface area contributed by atoms with Crippen LogP contribution < -0.4 is 0 Å². The second-order valence-electron chi connectivity index (χ2n) is 2.50. The number of nitrogens with zero attached hydrogens (tertiary/aromatic N) is 4. The first-order valence-corrected chi connectivity index (χ1v) is 3.97. The van der Waals surface area contributed by atoms with Crippen LogP contribution in [0.4, 0.5) is 5.69 Å². The lowest BCUT2D eigenvalue weighted by atomic mass is 10.3. The van der Waals surface area contributed by atoms with E-state index >= 15 is 0 Å². The third-order valence-electron chi connectivity index (χ3n) is 1.60. The molecule has 2 aromatic heterocycles. The summed E-state index contributed by atoms with van der Waals surface area (Å²) < 4.78 is 0. The van der Waals surface area contributed by atoms with Gasteiger partial charge in [-0.15, -0.1) is 0 Å². The molecule has 0 fully saturated rings. The van der Waals surface area contributed by atoms with Gasteiger partial charge >= 0.3 is 0 Å². The highest BCUT2D eigenvalue weighted by Gasteiger charge is 2.08. The Labute approximate surface area is 82.7 Å². The van der Waals surface area contributed by atoms with Crippen LogP contribution in [-0.2, 0) is 0 Å². The van der Waals surface area contributed by atoms with Gasteiger partial charge in [0.15, 0.2) is 5.65 Å². The SMILES string of the molecule is O=[N+]([O-])c1cnc2nc(Cl)ncc2c1. The number of rotatable bonds is 1. The van der Waals surface area contributed by atoms with Gasteiger partial charge in [0.05, 0.1) is 4.92 Å². The highest BCUT2D eigenvalue weighted by atomic mass is 35.5. The first kappa shape index (κ1) is 8.76. The fraction of sp³-hybridized carbons (Fsp3) is 0. The van der Waals surface area contributed by atoms with Crippen LogP contribution in [0.2, 0.25) is 5.28 Å². The van der Waals surface area contributed by atoms with Crippen molar-refractivity contribution >= 4 is 28.3 Å². The van der Waals surface area contributed by atoms with Crippen LogP contribution in [0.25, 0.3) is 11.0 Å². The quantitative estimate of drug-likeness (QED) is 0.406. The molecule has 7 heteroatoms. The van der Waals surface area contributed by atoms with E-state index in [1.54, 1.807) is 0 Å². The number of fused-ring (bicyclic) bond motifs is 1. The molecule has 6 nitrogen and oxygen atoms in total. The number of aromatic nitrogens is 3. The van der Waals surface area contributed by atoms with E-state index in [2.05, 4.69) is 15.0 Å². The first-order chi connectivity index (χ1) is 6.66. The molecule has 0 aromatic carbocycles. The van der Waals surface area contributed by atoms with E-state index in [9.17, 15) is 10.1 Å². The van der Waals surface area contributed by atoms with Gasteiger partial charge in [-0.2, -0.15) is 4.98 Å². The normalized spacial score (nSPS) is 10.4. The molecule has 0 aliphatic heterocycles. The molecule has 0 saturated heterocycles. The average molecular weight is 211 g/mol. The molecule has 0 bridgehead atoms. The third kappa shape index (κ3) is 1.47. The van der Waals surface area contributed by atoms with E-state index in [-0.39, 0.29) is 11.0 Å². The average Bonchev–Trinajstić information content (AvgIpc) is 2.16. The maximum Gasteiger partial charge on any atom is 0.288 e. The highest BCUT2D eigenvalue weighted by molar-refractivity contribution is 6.28. The fourth-order valence-corrected chi connectivity index (χ4v) is 1.12. The summed E-state index contributed by atoms with van der Waals surface area (Å²) in [7, 11) is 0. The van der Waals surface area contributed by atoms with Crippen LogP contribution in [0.15, 0.2) is 18.5 Å². The molecular weight excluding hydrogens is 208 g/mol. The smallest absolute Gasteiger partial charge is 0.258 e. The number of pyridine rings is 1. The van der Waals surface area contributed by atoms with E-state index in [1.807, 2.05) is 0 Å². The lowest BCUT2D eigenvalue weighted by Crippen LogP contribution is -1.92. The van der Waals surface area contributed by atoms with Gasteiger partial charge in [0.25, 0.3) is 5.69 Å². The van der Waals surface area contributed by atoms with Gasteiger partial charge in [-0.05, 0) is 11.6 Å². The summed E-state index contributed by atoms with van der Waals surface area (Å²) in [5, 5.41) is 11.0. The van der Waals surface area contributed by atoms with Gasteiger partial charge in [0.2, 0.25) is 5.28 Å². The zero-order valence-corrected chi connectivity index (χ0v) is 7.47. The summed E-state index contributed by atoms with van der Waals surface area (Å²) >= 11 is 5.52. The molecule has 0 radical (unpaired) electrons. The number of hydrogen-bond donors (Lipinski definition) is 0. The largest absolute Gasteiger partial charge is 0.288 e. The van der Waals surface area contributed by atoms with E-state index in [0.717, 1.165) is 6.20 Å². The van der Waals surface area contributed by atoms with Crippen LogP contribution in [0, 0.1) is 10.1 Å². The van der Waals surface area contributed by atoms with Gasteiger partial charge in [0, 0.05) is 17.6 Å². The minimum absolute atomic E-state index is 0.0684. The van der Waals surface area contributed by atoms with Crippen LogP contribution >= 0.6 is 11.6 Å². The molecule has 0 N–H and O–H groups in total. The van der Waals surface area contributed by atoms with Crippen molar-refractivity contribution in [1.82, 2.24) is 15.0 Å². The maximum absolute atomic E-state index is 10.4. The molecule has 2 heterocycles. The first-order valence-electron chi connectivity index (χ1n) is 3.59. The van der Waals surface area contributed by atoms with Crippen LogP contribution in [0.5, 0.6) is 0 Å². The summed E-state index contributed by atoms with van der Waals surface area (Å²) in [4.78, 5) is 21.2. The highest BCUT2D eigenvalue weighted by Crippen LogP contribution is 2.16. The van der Waals surface area contributed by atoms with Crippen molar-refractivity contribution in [2.75, 3.05) is 0 Å². The van der Waals surface area contributed by atoms with Crippen LogP contribution in [0.1, 0.15) is 0 Å². The summed E-state index contributed by atoms with van der Waals surface area (Å²) in [5.74, 6) is 0. The van der Waals surface area contributed by atoms with E-state index in [1.165, 1.54) is 12.3 Å². The maximum atomic E-state index is 10.4. The molecule has 0 aliphatic rings. The second-order valence-corrected chi connectivity index (χ2v) is 2.84. The van der Waals surface area contributed by atoms with Gasteiger partial charge in [-0.25, -0.2) is 9.97 Å². The van der Waals surface area contributed by atoms with Gasteiger partial charge in [0.1, 0.15) is 6.20 Å². The minimum Gasteiger partial charge on any atom is -0.258 e. The number of nitro groups is 1. The Kier molecular flexibility index (Phi) is 1.97. The predicted molar refractivity (Wildman–Crippen MR) is 49.0 cm³/mol. The lowest BCUT2D eigenvalue weighted by molar-refractivity contribution is -0.385. The Morgan fingerprint density at radius 3 is 2.86 bits per heavy atom. The molecule has 0 aliphatic carbocycles. The van der Waals surface area contributed by atoms with Gasteiger partial charge in [-0.1, -0.05) is 0 Å². The third-order valence-corrected chi connectivity index (χ3v) is 1.78. The minimum atomic E-state index is -0.527. The summed E-state index contributed by atoms with van der Waals surface area (Å²) in [5.41, 5.74) is 0.249. The zero-order valence-electron chi connectivity index (χ0n) is 6.72. The van der Waals surface area contributed by atoms with E-state index in [0.29, 0.717) is 11.0 Å². The predicted octanol–water partition coefficient (Wildman–Crippen LogP) is 1.59. The van der Waals surface area contributed by atoms with Crippen molar-refractivity contribution < 1.29 is 4.92 Å². The molecule has 0 unspecified atom stereocenters. The van der Waals surface area contributed by atoms with Crippen molar-refractivity contribution in [1.29, 1.82) is 0 Å². The molecule has 0 atom stereocenters. The molecular formula is C7H3ClN4O2. The van der Waals surface area contributed by atoms with Crippen molar-refractivity contribution in [3.05, 3.63) is 33.9 Å². The van der Waals surface area contributed by atoms with E-state index < -0.39 is 4.92 Å². The monoisotopic (exact) mass is 210 g/mol. The van der Waals surface area contributed by atoms with Crippen molar-refractivity contribution in [2.24, 2.45) is 0 Å². The second kappa shape index (κ2) is 3.15. The number of halogens is 1. The molecule has 2 aromatic rings. The lowest BCUT2D eigenvalue weighted by Gasteiger charge is -1.95. The fourth-order valence-electron chi connectivity index (χ4n) is 0.990.